The third-order valence-corrected chi connectivity index (χ3v) is 1.83. The van der Waals surface area contributed by atoms with Crippen LogP contribution >= 0.6 is 0 Å². The maximum atomic E-state index is 2.24. The molecular weight excluding hydrogens is 108 g/mol. The Bertz CT molecular complexity index is 86.6. The van der Waals surface area contributed by atoms with Gasteiger partial charge in [-0.05, 0) is 33.1 Å². The van der Waals surface area contributed by atoms with Crippen molar-refractivity contribution in [3.8, 4) is 0 Å². The van der Waals surface area contributed by atoms with Crippen molar-refractivity contribution < 1.29 is 0 Å². The van der Waals surface area contributed by atoms with Crippen LogP contribution in [0, 0.1) is 0 Å². The molecule has 0 aliphatic heterocycles. The summed E-state index contributed by atoms with van der Waals surface area (Å²) in [5.41, 5.74) is 3.25. The van der Waals surface area contributed by atoms with Gasteiger partial charge in [0.05, 0.1) is 0 Å². The average Bonchev–Trinajstić information content (AvgIpc) is 2.23. The van der Waals surface area contributed by atoms with E-state index in [9.17, 15) is 0 Å². The van der Waals surface area contributed by atoms with E-state index in [2.05, 4.69) is 13.8 Å². The Kier molecular flexibility index (Phi) is 4.47. The molecule has 0 heterocycles. The van der Waals surface area contributed by atoms with E-state index in [0.29, 0.717) is 0 Å². The molecule has 1 rings (SSSR count). The van der Waals surface area contributed by atoms with E-state index in [1.807, 2.05) is 13.8 Å². The molecule has 0 spiro atoms. The maximum Gasteiger partial charge on any atom is -0.0317 e. The summed E-state index contributed by atoms with van der Waals surface area (Å²) in [6.45, 7) is 8.48. The van der Waals surface area contributed by atoms with Crippen molar-refractivity contribution >= 4 is 0 Å². The Morgan fingerprint density at radius 1 is 0.889 bits per heavy atom. The highest BCUT2D eigenvalue weighted by molar-refractivity contribution is 5.14. The third kappa shape index (κ3) is 2.69. The zero-order chi connectivity index (χ0) is 7.28. The van der Waals surface area contributed by atoms with E-state index >= 15 is 0 Å². The summed E-state index contributed by atoms with van der Waals surface area (Å²) in [4.78, 5) is 0. The Morgan fingerprint density at radius 2 is 1.22 bits per heavy atom. The first-order chi connectivity index (χ1) is 4.30. The molecule has 0 heteroatoms. The van der Waals surface area contributed by atoms with Gasteiger partial charge < -0.3 is 0 Å². The molecule has 0 saturated carbocycles. The smallest absolute Gasteiger partial charge is 0.0317 e. The Hall–Kier alpha value is -0.260. The average molecular weight is 126 g/mol. The van der Waals surface area contributed by atoms with Crippen LogP contribution in [0.25, 0.3) is 0 Å². The van der Waals surface area contributed by atoms with Gasteiger partial charge in [0.2, 0.25) is 0 Å². The summed E-state index contributed by atoms with van der Waals surface area (Å²) in [7, 11) is 0. The second kappa shape index (κ2) is 4.60. The number of hydrogen-bond donors (Lipinski definition) is 0. The molecule has 1 aliphatic rings. The topological polar surface area (TPSA) is 0 Å². The van der Waals surface area contributed by atoms with Gasteiger partial charge in [0.25, 0.3) is 0 Å². The van der Waals surface area contributed by atoms with Gasteiger partial charge in [0, 0.05) is 0 Å². The molecule has 54 valence electrons. The minimum Gasteiger partial charge on any atom is -0.0744 e. The van der Waals surface area contributed by atoms with Crippen molar-refractivity contribution in [3.05, 3.63) is 11.1 Å². The van der Waals surface area contributed by atoms with Gasteiger partial charge >= 0.3 is 0 Å². The Morgan fingerprint density at radius 3 is 1.33 bits per heavy atom. The van der Waals surface area contributed by atoms with Crippen molar-refractivity contribution in [2.24, 2.45) is 0 Å². The van der Waals surface area contributed by atoms with Crippen LogP contribution in [-0.4, -0.2) is 0 Å². The maximum absolute atomic E-state index is 2.24. The summed E-state index contributed by atoms with van der Waals surface area (Å²) in [5.74, 6) is 0. The molecule has 0 nitrogen and oxygen atoms in total. The number of rotatable bonds is 0. The standard InChI is InChI=1S/C7H12.C2H6/c1-6-4-3-5-7(6)2;1-2/h3-5H2,1-2H3;1-2H3. The third-order valence-electron chi connectivity index (χ3n) is 1.83. The largest absolute Gasteiger partial charge is 0.0744 e. The lowest BCUT2D eigenvalue weighted by molar-refractivity contribution is 0.893. The normalized spacial score (nSPS) is 17.3. The predicted octanol–water partition coefficient (Wildman–Crippen LogP) is 3.53. The molecule has 0 radical (unpaired) electrons. The lowest BCUT2D eigenvalue weighted by Gasteiger charge is -1.87. The molecule has 0 aromatic carbocycles. The van der Waals surface area contributed by atoms with Gasteiger partial charge in [-0.15, -0.1) is 0 Å². The van der Waals surface area contributed by atoms with E-state index in [1.54, 1.807) is 11.1 Å². The van der Waals surface area contributed by atoms with Crippen molar-refractivity contribution in [3.63, 3.8) is 0 Å². The van der Waals surface area contributed by atoms with Crippen LogP contribution in [0.15, 0.2) is 11.1 Å². The van der Waals surface area contributed by atoms with Crippen molar-refractivity contribution in [1.82, 2.24) is 0 Å². The molecule has 0 amide bonds. The highest BCUT2D eigenvalue weighted by Gasteiger charge is 2.03. The van der Waals surface area contributed by atoms with Gasteiger partial charge in [0.1, 0.15) is 0 Å². The quantitative estimate of drug-likeness (QED) is 0.435. The van der Waals surface area contributed by atoms with Crippen LogP contribution in [0.2, 0.25) is 0 Å². The van der Waals surface area contributed by atoms with Crippen molar-refractivity contribution in [2.45, 2.75) is 47.0 Å². The number of hydrogen-bond acceptors (Lipinski definition) is 0. The van der Waals surface area contributed by atoms with Crippen LogP contribution in [0.4, 0.5) is 0 Å². The van der Waals surface area contributed by atoms with E-state index in [1.165, 1.54) is 19.3 Å². The molecule has 0 saturated heterocycles. The van der Waals surface area contributed by atoms with Crippen LogP contribution in [0.3, 0.4) is 0 Å². The highest BCUT2D eigenvalue weighted by Crippen LogP contribution is 2.23. The second-order valence-electron chi connectivity index (χ2n) is 2.41. The fraction of sp³-hybridized carbons (Fsp3) is 0.778. The summed E-state index contributed by atoms with van der Waals surface area (Å²) in [5, 5.41) is 0. The molecule has 0 N–H and O–H groups in total. The Balaban J connectivity index is 0.000000291. The highest BCUT2D eigenvalue weighted by atomic mass is 14.1. The SMILES string of the molecule is CC.CC1=C(C)CCC1. The first kappa shape index (κ1) is 8.74. The molecule has 0 fully saturated rings. The fourth-order valence-corrected chi connectivity index (χ4v) is 1.05. The van der Waals surface area contributed by atoms with Crippen LogP contribution in [0.1, 0.15) is 47.0 Å². The molecule has 0 bridgehead atoms. The summed E-state index contributed by atoms with van der Waals surface area (Å²) < 4.78 is 0. The van der Waals surface area contributed by atoms with Gasteiger partial charge in [-0.3, -0.25) is 0 Å². The fourth-order valence-electron chi connectivity index (χ4n) is 1.05. The van der Waals surface area contributed by atoms with Gasteiger partial charge in [0.15, 0.2) is 0 Å². The first-order valence-corrected chi connectivity index (χ1v) is 3.96. The summed E-state index contributed by atoms with van der Waals surface area (Å²) in [6.07, 6.45) is 4.11. The molecule has 0 aromatic rings. The molecule has 0 unspecified atom stereocenters. The predicted molar refractivity (Wildman–Crippen MR) is 43.6 cm³/mol. The molecule has 9 heavy (non-hydrogen) atoms. The molecule has 0 atom stereocenters. The van der Waals surface area contributed by atoms with E-state index in [-0.39, 0.29) is 0 Å². The van der Waals surface area contributed by atoms with E-state index in [0.717, 1.165) is 0 Å². The minimum absolute atomic E-state index is 1.35. The van der Waals surface area contributed by atoms with Crippen molar-refractivity contribution in [1.29, 1.82) is 0 Å². The minimum atomic E-state index is 1.35. The van der Waals surface area contributed by atoms with Crippen LogP contribution in [0.5, 0.6) is 0 Å². The second-order valence-corrected chi connectivity index (χ2v) is 2.41. The number of allylic oxidation sites excluding steroid dienone is 2. The monoisotopic (exact) mass is 126 g/mol. The van der Waals surface area contributed by atoms with Crippen LogP contribution in [-0.2, 0) is 0 Å². The van der Waals surface area contributed by atoms with Gasteiger partial charge in [-0.2, -0.15) is 0 Å². The summed E-state index contributed by atoms with van der Waals surface area (Å²) >= 11 is 0. The molecule has 1 aliphatic carbocycles. The first-order valence-electron chi connectivity index (χ1n) is 3.96. The van der Waals surface area contributed by atoms with Crippen LogP contribution < -0.4 is 0 Å². The van der Waals surface area contributed by atoms with Crippen molar-refractivity contribution in [2.75, 3.05) is 0 Å². The van der Waals surface area contributed by atoms with E-state index in [4.69, 9.17) is 0 Å². The Labute approximate surface area is 59.0 Å². The van der Waals surface area contributed by atoms with Gasteiger partial charge in [-0.25, -0.2) is 0 Å². The zero-order valence-corrected chi connectivity index (χ0v) is 7.12. The van der Waals surface area contributed by atoms with E-state index < -0.39 is 0 Å². The lowest BCUT2D eigenvalue weighted by atomic mass is 10.2. The van der Waals surface area contributed by atoms with Gasteiger partial charge in [-0.1, -0.05) is 25.0 Å². The lowest BCUT2D eigenvalue weighted by Crippen LogP contribution is -1.66. The summed E-state index contributed by atoms with van der Waals surface area (Å²) in [6, 6.07) is 0. The zero-order valence-electron chi connectivity index (χ0n) is 7.12. The molecule has 0 aromatic heterocycles. The molecular formula is C9H18.